The fraction of sp³-hybridized carbons (Fsp3) is 0.571. The molecule has 1 aliphatic heterocycles. The van der Waals surface area contributed by atoms with Crippen LogP contribution in [0.5, 0.6) is 0 Å². The average molecular weight is 219 g/mol. The maximum absolute atomic E-state index is 13.2. The van der Waals surface area contributed by atoms with Gasteiger partial charge in [0.2, 0.25) is 0 Å². The van der Waals surface area contributed by atoms with Gasteiger partial charge in [0.1, 0.15) is 5.82 Å². The van der Waals surface area contributed by atoms with E-state index in [1.807, 2.05) is 6.07 Å². The second kappa shape index (κ2) is 4.17. The Morgan fingerprint density at radius 3 is 2.81 bits per heavy atom. The molecule has 0 spiro atoms. The highest BCUT2D eigenvalue weighted by atomic mass is 19.1. The summed E-state index contributed by atoms with van der Waals surface area (Å²) in [7, 11) is 0. The molecule has 2 heteroatoms. The van der Waals surface area contributed by atoms with Crippen LogP contribution in [0, 0.1) is 11.7 Å². The second-order valence-corrected chi connectivity index (χ2v) is 5.13. The quantitative estimate of drug-likeness (QED) is 0.764. The van der Waals surface area contributed by atoms with Crippen LogP contribution in [-0.2, 0) is 6.54 Å². The van der Waals surface area contributed by atoms with E-state index in [-0.39, 0.29) is 5.82 Å². The first kappa shape index (κ1) is 10.3. The summed E-state index contributed by atoms with van der Waals surface area (Å²) in [5, 5.41) is 3.43. The number of hydrogen-bond donors (Lipinski definition) is 1. The first-order valence-corrected chi connectivity index (χ1v) is 6.33. The number of fused-ring (bicyclic) bond motifs is 1. The summed E-state index contributed by atoms with van der Waals surface area (Å²) < 4.78 is 13.2. The lowest BCUT2D eigenvalue weighted by Crippen LogP contribution is -2.31. The summed E-state index contributed by atoms with van der Waals surface area (Å²) in [5.41, 5.74) is 2.57. The third kappa shape index (κ3) is 1.75. The Kier molecular flexibility index (Phi) is 2.68. The Balaban J connectivity index is 1.93. The molecule has 0 bridgehead atoms. The molecule has 3 rings (SSSR count). The Morgan fingerprint density at radius 2 is 2.00 bits per heavy atom. The summed E-state index contributed by atoms with van der Waals surface area (Å²) in [6.45, 7) is 1.90. The molecule has 0 aromatic heterocycles. The van der Waals surface area contributed by atoms with Crippen LogP contribution in [0.2, 0.25) is 0 Å². The molecule has 1 saturated carbocycles. The van der Waals surface area contributed by atoms with E-state index < -0.39 is 0 Å². The molecular formula is C14H18FN. The highest BCUT2D eigenvalue weighted by Gasteiger charge is 2.29. The van der Waals surface area contributed by atoms with E-state index in [9.17, 15) is 4.39 Å². The van der Waals surface area contributed by atoms with Gasteiger partial charge in [-0.15, -0.1) is 0 Å². The molecule has 0 saturated heterocycles. The van der Waals surface area contributed by atoms with Crippen LogP contribution in [-0.4, -0.2) is 6.54 Å². The molecular weight excluding hydrogens is 201 g/mol. The van der Waals surface area contributed by atoms with Crippen molar-refractivity contribution in [2.45, 2.75) is 38.1 Å². The van der Waals surface area contributed by atoms with Crippen LogP contribution in [0.1, 0.15) is 42.7 Å². The zero-order valence-corrected chi connectivity index (χ0v) is 9.51. The third-order valence-corrected chi connectivity index (χ3v) is 4.15. The van der Waals surface area contributed by atoms with Crippen LogP contribution >= 0.6 is 0 Å². The van der Waals surface area contributed by atoms with Gasteiger partial charge in [0.15, 0.2) is 0 Å². The number of benzene rings is 1. The summed E-state index contributed by atoms with van der Waals surface area (Å²) in [5.74, 6) is 1.33. The van der Waals surface area contributed by atoms with Crippen molar-refractivity contribution in [3.63, 3.8) is 0 Å². The van der Waals surface area contributed by atoms with E-state index >= 15 is 0 Å². The highest BCUT2D eigenvalue weighted by Crippen LogP contribution is 2.39. The predicted octanol–water partition coefficient (Wildman–Crippen LogP) is 3.20. The number of rotatable bonds is 1. The van der Waals surface area contributed by atoms with E-state index in [1.165, 1.54) is 36.8 Å². The molecule has 1 aromatic carbocycles. The Labute approximate surface area is 96.1 Å². The first-order valence-electron chi connectivity index (χ1n) is 6.33. The molecule has 0 radical (unpaired) electrons. The lowest BCUT2D eigenvalue weighted by Gasteiger charge is -2.30. The zero-order valence-electron chi connectivity index (χ0n) is 9.51. The summed E-state index contributed by atoms with van der Waals surface area (Å²) in [4.78, 5) is 0. The van der Waals surface area contributed by atoms with Crippen molar-refractivity contribution >= 4 is 0 Å². The lowest BCUT2D eigenvalue weighted by molar-refractivity contribution is 0.390. The lowest BCUT2D eigenvalue weighted by atomic mass is 9.80. The third-order valence-electron chi connectivity index (χ3n) is 4.15. The summed E-state index contributed by atoms with van der Waals surface area (Å²) >= 11 is 0. The van der Waals surface area contributed by atoms with Gasteiger partial charge in [-0.05, 0) is 47.9 Å². The standard InChI is InChI=1S/C14H18FN/c15-12-5-6-13-11(7-12)8-16-9-14(13)10-3-1-2-4-10/h5-7,10,14,16H,1-4,8-9H2. The van der Waals surface area contributed by atoms with Crippen LogP contribution in [0.25, 0.3) is 0 Å². The van der Waals surface area contributed by atoms with Gasteiger partial charge in [0, 0.05) is 13.1 Å². The molecule has 1 N–H and O–H groups in total. The summed E-state index contributed by atoms with van der Waals surface area (Å²) in [6.07, 6.45) is 5.45. The van der Waals surface area contributed by atoms with E-state index in [1.54, 1.807) is 12.1 Å². The van der Waals surface area contributed by atoms with E-state index in [2.05, 4.69) is 5.32 Å². The monoisotopic (exact) mass is 219 g/mol. The summed E-state index contributed by atoms with van der Waals surface area (Å²) in [6, 6.07) is 5.32. The van der Waals surface area contributed by atoms with Crippen LogP contribution < -0.4 is 5.32 Å². The van der Waals surface area contributed by atoms with Gasteiger partial charge in [0.05, 0.1) is 0 Å². The van der Waals surface area contributed by atoms with Crippen molar-refractivity contribution in [3.05, 3.63) is 35.1 Å². The minimum atomic E-state index is -0.104. The van der Waals surface area contributed by atoms with Crippen molar-refractivity contribution in [2.75, 3.05) is 6.54 Å². The molecule has 1 unspecified atom stereocenters. The maximum atomic E-state index is 13.2. The van der Waals surface area contributed by atoms with Gasteiger partial charge in [-0.2, -0.15) is 0 Å². The fourth-order valence-corrected chi connectivity index (χ4v) is 3.34. The zero-order chi connectivity index (χ0) is 11.0. The SMILES string of the molecule is Fc1ccc2c(c1)CNCC2C1CCCC1. The van der Waals surface area contributed by atoms with Crippen LogP contribution in [0.3, 0.4) is 0 Å². The molecule has 86 valence electrons. The van der Waals surface area contributed by atoms with Crippen LogP contribution in [0.4, 0.5) is 4.39 Å². The molecule has 0 amide bonds. The number of nitrogens with one attached hydrogen (secondary N) is 1. The molecule has 16 heavy (non-hydrogen) atoms. The van der Waals surface area contributed by atoms with Crippen molar-refractivity contribution in [2.24, 2.45) is 5.92 Å². The van der Waals surface area contributed by atoms with Crippen LogP contribution in [0.15, 0.2) is 18.2 Å². The average Bonchev–Trinajstić information content (AvgIpc) is 2.81. The molecule has 1 heterocycles. The van der Waals surface area contributed by atoms with Gasteiger partial charge >= 0.3 is 0 Å². The molecule has 1 aliphatic carbocycles. The normalized spacial score (nSPS) is 25.7. The Hall–Kier alpha value is -0.890. The first-order chi connectivity index (χ1) is 7.84. The molecule has 1 fully saturated rings. The smallest absolute Gasteiger partial charge is 0.123 e. The maximum Gasteiger partial charge on any atom is 0.123 e. The van der Waals surface area contributed by atoms with E-state index in [4.69, 9.17) is 0 Å². The van der Waals surface area contributed by atoms with Gasteiger partial charge in [0.25, 0.3) is 0 Å². The van der Waals surface area contributed by atoms with Gasteiger partial charge in [-0.1, -0.05) is 18.9 Å². The van der Waals surface area contributed by atoms with E-state index in [0.29, 0.717) is 5.92 Å². The fourth-order valence-electron chi connectivity index (χ4n) is 3.34. The molecule has 1 nitrogen and oxygen atoms in total. The molecule has 1 atom stereocenters. The second-order valence-electron chi connectivity index (χ2n) is 5.13. The van der Waals surface area contributed by atoms with Crippen molar-refractivity contribution < 1.29 is 4.39 Å². The predicted molar refractivity (Wildman–Crippen MR) is 62.8 cm³/mol. The van der Waals surface area contributed by atoms with Crippen molar-refractivity contribution in [1.82, 2.24) is 5.32 Å². The Bertz CT molecular complexity index is 382. The van der Waals surface area contributed by atoms with Crippen molar-refractivity contribution in [3.8, 4) is 0 Å². The number of hydrogen-bond acceptors (Lipinski definition) is 1. The molecule has 1 aromatic rings. The van der Waals surface area contributed by atoms with Gasteiger partial charge in [-0.25, -0.2) is 4.39 Å². The van der Waals surface area contributed by atoms with E-state index in [0.717, 1.165) is 19.0 Å². The Morgan fingerprint density at radius 1 is 1.19 bits per heavy atom. The van der Waals surface area contributed by atoms with Gasteiger partial charge < -0.3 is 5.32 Å². The topological polar surface area (TPSA) is 12.0 Å². The van der Waals surface area contributed by atoms with Gasteiger partial charge in [-0.3, -0.25) is 0 Å². The minimum Gasteiger partial charge on any atom is -0.312 e. The highest BCUT2D eigenvalue weighted by molar-refractivity contribution is 5.34. The largest absolute Gasteiger partial charge is 0.312 e. The van der Waals surface area contributed by atoms with Crippen molar-refractivity contribution in [1.29, 1.82) is 0 Å². The minimum absolute atomic E-state index is 0.104. The number of halogens is 1. The molecule has 2 aliphatic rings.